The highest BCUT2D eigenvalue weighted by Gasteiger charge is 2.58. The molecular weight excluding hydrogens is 461 g/mol. The summed E-state index contributed by atoms with van der Waals surface area (Å²) in [5.74, 6) is -0.492. The van der Waals surface area contributed by atoms with Crippen molar-refractivity contribution in [1.82, 2.24) is 0 Å². The molecule has 1 aliphatic carbocycles. The fourth-order valence-corrected chi connectivity index (χ4v) is 4.08. The van der Waals surface area contributed by atoms with Gasteiger partial charge >= 0.3 is 6.18 Å². The van der Waals surface area contributed by atoms with Crippen molar-refractivity contribution in [3.63, 3.8) is 0 Å². The van der Waals surface area contributed by atoms with Gasteiger partial charge in [0.25, 0.3) is 0 Å². The smallest absolute Gasteiger partial charge is 0.406 e. The largest absolute Gasteiger partial charge is 0.506 e. The molecule has 32 heavy (non-hydrogen) atoms. The van der Waals surface area contributed by atoms with E-state index < -0.39 is 23.9 Å². The number of hydrogen-bond acceptors (Lipinski definition) is 4. The number of phenols is 1. The van der Waals surface area contributed by atoms with Gasteiger partial charge in [0, 0.05) is 16.5 Å². The van der Waals surface area contributed by atoms with E-state index in [1.54, 1.807) is 24.3 Å². The number of anilines is 2. The number of halogens is 4. The third kappa shape index (κ3) is 5.07. The van der Waals surface area contributed by atoms with E-state index >= 15 is 0 Å². The van der Waals surface area contributed by atoms with Crippen LogP contribution in [0.15, 0.2) is 60.7 Å². The summed E-state index contributed by atoms with van der Waals surface area (Å²) in [6.45, 7) is 1.99. The van der Waals surface area contributed by atoms with E-state index in [9.17, 15) is 23.1 Å². The Balaban J connectivity index is 1.84. The Labute approximate surface area is 193 Å². The Kier molecular flexibility index (Phi) is 7.46. The second kappa shape index (κ2) is 9.92. The molecule has 0 aliphatic heterocycles. The van der Waals surface area contributed by atoms with Crippen LogP contribution in [0, 0.1) is 5.41 Å². The Hall–Kier alpha value is -2.58. The van der Waals surface area contributed by atoms with Crippen molar-refractivity contribution >= 4 is 46.4 Å². The fourth-order valence-electron chi connectivity index (χ4n) is 3.21. The molecule has 0 saturated carbocycles. The Bertz CT molecular complexity index is 1060. The van der Waals surface area contributed by atoms with Crippen molar-refractivity contribution in [2.75, 3.05) is 15.8 Å². The number of benzene rings is 2. The lowest BCUT2D eigenvalue weighted by Crippen LogP contribution is -2.47. The van der Waals surface area contributed by atoms with Gasteiger partial charge in [0.2, 0.25) is 5.91 Å². The summed E-state index contributed by atoms with van der Waals surface area (Å²) in [5, 5.41) is 12.7. The highest BCUT2D eigenvalue weighted by Crippen LogP contribution is 2.47. The van der Waals surface area contributed by atoms with Gasteiger partial charge in [-0.2, -0.15) is 13.2 Å². The number of amides is 1. The lowest BCUT2D eigenvalue weighted by atomic mass is 9.77. The van der Waals surface area contributed by atoms with Gasteiger partial charge in [0.15, 0.2) is 5.41 Å². The SMILES string of the molecule is CCCSNc1cc(NC(=O)C2(C(F)(F)F)C=CC(c3ccccc3Cl)=CC2)ccc1O. The topological polar surface area (TPSA) is 61.4 Å². The molecule has 3 N–H and O–H groups in total. The predicted octanol–water partition coefficient (Wildman–Crippen LogP) is 7.05. The number of aromatic hydroxyl groups is 1. The molecule has 2 aromatic carbocycles. The van der Waals surface area contributed by atoms with Crippen LogP contribution in [0.1, 0.15) is 25.3 Å². The maximum absolute atomic E-state index is 14.1. The summed E-state index contributed by atoms with van der Waals surface area (Å²) < 4.78 is 45.2. The van der Waals surface area contributed by atoms with Crippen molar-refractivity contribution in [1.29, 1.82) is 0 Å². The van der Waals surface area contributed by atoms with Crippen molar-refractivity contribution in [3.05, 3.63) is 71.3 Å². The van der Waals surface area contributed by atoms with E-state index in [1.165, 1.54) is 42.3 Å². The van der Waals surface area contributed by atoms with Gasteiger partial charge in [0.05, 0.1) is 5.69 Å². The molecule has 170 valence electrons. The number of allylic oxidation sites excluding steroid dienone is 3. The molecule has 0 spiro atoms. The summed E-state index contributed by atoms with van der Waals surface area (Å²) in [6.07, 6.45) is -0.931. The number of nitrogens with one attached hydrogen (secondary N) is 2. The number of phenolic OH excluding ortho intramolecular Hbond substituents is 1. The predicted molar refractivity (Wildman–Crippen MR) is 125 cm³/mol. The summed E-state index contributed by atoms with van der Waals surface area (Å²) in [7, 11) is 0. The van der Waals surface area contributed by atoms with Gasteiger partial charge in [-0.1, -0.05) is 66.9 Å². The van der Waals surface area contributed by atoms with Gasteiger partial charge < -0.3 is 15.1 Å². The molecule has 1 unspecified atom stereocenters. The summed E-state index contributed by atoms with van der Waals surface area (Å²) in [4.78, 5) is 12.9. The molecule has 0 saturated heterocycles. The number of carbonyl (C=O) groups is 1. The van der Waals surface area contributed by atoms with E-state index in [-0.39, 0.29) is 11.4 Å². The zero-order chi connectivity index (χ0) is 23.4. The molecule has 9 heteroatoms. The first kappa shape index (κ1) is 24.1. The Morgan fingerprint density at radius 3 is 2.62 bits per heavy atom. The molecule has 0 fully saturated rings. The molecular formula is C23H22ClF3N2O2S. The summed E-state index contributed by atoms with van der Waals surface area (Å²) in [6, 6.07) is 10.9. The molecule has 2 aromatic rings. The van der Waals surface area contributed by atoms with E-state index in [0.29, 0.717) is 21.8 Å². The molecule has 0 bridgehead atoms. The first-order valence-corrected chi connectivity index (χ1v) is 11.3. The van der Waals surface area contributed by atoms with Gasteiger partial charge in [-0.05, 0) is 48.2 Å². The summed E-state index contributed by atoms with van der Waals surface area (Å²) in [5.41, 5.74) is -1.15. The van der Waals surface area contributed by atoms with Gasteiger partial charge in [0.1, 0.15) is 5.75 Å². The van der Waals surface area contributed by atoms with Crippen molar-refractivity contribution < 1.29 is 23.1 Å². The van der Waals surface area contributed by atoms with E-state index in [0.717, 1.165) is 18.2 Å². The molecule has 0 heterocycles. The third-order valence-electron chi connectivity index (χ3n) is 5.03. The minimum atomic E-state index is -4.81. The van der Waals surface area contributed by atoms with Crippen LogP contribution in [-0.2, 0) is 4.79 Å². The first-order valence-electron chi connectivity index (χ1n) is 9.91. The van der Waals surface area contributed by atoms with Crippen LogP contribution in [0.5, 0.6) is 5.75 Å². The van der Waals surface area contributed by atoms with Gasteiger partial charge in [-0.15, -0.1) is 0 Å². The lowest BCUT2D eigenvalue weighted by molar-refractivity contribution is -0.203. The van der Waals surface area contributed by atoms with Crippen LogP contribution in [-0.4, -0.2) is 22.9 Å². The second-order valence-electron chi connectivity index (χ2n) is 7.28. The van der Waals surface area contributed by atoms with Crippen LogP contribution < -0.4 is 10.0 Å². The number of rotatable bonds is 7. The van der Waals surface area contributed by atoms with Crippen molar-refractivity contribution in [2.24, 2.45) is 5.41 Å². The normalized spacial score (nSPS) is 18.2. The van der Waals surface area contributed by atoms with E-state index in [2.05, 4.69) is 10.0 Å². The Morgan fingerprint density at radius 2 is 2.00 bits per heavy atom. The third-order valence-corrected chi connectivity index (χ3v) is 6.34. The summed E-state index contributed by atoms with van der Waals surface area (Å²) >= 11 is 7.50. The zero-order valence-corrected chi connectivity index (χ0v) is 18.7. The molecule has 0 aromatic heterocycles. The molecule has 4 nitrogen and oxygen atoms in total. The highest BCUT2D eigenvalue weighted by atomic mass is 35.5. The quantitative estimate of drug-likeness (QED) is 0.171. The van der Waals surface area contributed by atoms with Crippen LogP contribution in [0.25, 0.3) is 5.57 Å². The van der Waals surface area contributed by atoms with Crippen LogP contribution in [0.2, 0.25) is 5.02 Å². The Morgan fingerprint density at radius 1 is 1.25 bits per heavy atom. The minimum Gasteiger partial charge on any atom is -0.506 e. The van der Waals surface area contributed by atoms with Crippen molar-refractivity contribution in [2.45, 2.75) is 25.9 Å². The highest BCUT2D eigenvalue weighted by molar-refractivity contribution is 8.00. The second-order valence-corrected chi connectivity index (χ2v) is 8.59. The average molecular weight is 483 g/mol. The van der Waals surface area contributed by atoms with Gasteiger partial charge in [-0.25, -0.2) is 0 Å². The maximum atomic E-state index is 14.1. The zero-order valence-electron chi connectivity index (χ0n) is 17.2. The molecule has 1 aliphatic rings. The monoisotopic (exact) mass is 482 g/mol. The standard InChI is InChI=1S/C23H22ClF3N2O2S/c1-2-13-32-29-19-14-16(7-8-20(19)30)28-21(31)22(23(25,26)27)11-9-15(10-12-22)17-5-3-4-6-18(17)24/h3-11,14,29-30H,2,12-13H2,1H3,(H,28,31). The van der Waals surface area contributed by atoms with Crippen LogP contribution in [0.3, 0.4) is 0 Å². The van der Waals surface area contributed by atoms with E-state index in [4.69, 9.17) is 11.6 Å². The molecule has 0 radical (unpaired) electrons. The van der Waals surface area contributed by atoms with Crippen LogP contribution in [0.4, 0.5) is 24.5 Å². The number of carbonyl (C=O) groups excluding carboxylic acids is 1. The first-order chi connectivity index (χ1) is 15.2. The molecule has 1 amide bonds. The fraction of sp³-hybridized carbons (Fsp3) is 0.261. The lowest BCUT2D eigenvalue weighted by Gasteiger charge is -2.33. The molecule has 1 atom stereocenters. The number of hydrogen-bond donors (Lipinski definition) is 3. The van der Waals surface area contributed by atoms with Crippen LogP contribution >= 0.6 is 23.5 Å². The number of alkyl halides is 3. The minimum absolute atomic E-state index is 0.0676. The maximum Gasteiger partial charge on any atom is 0.406 e. The van der Waals surface area contributed by atoms with Crippen molar-refractivity contribution in [3.8, 4) is 5.75 Å². The average Bonchev–Trinajstić information content (AvgIpc) is 2.75. The van der Waals surface area contributed by atoms with Gasteiger partial charge in [-0.3, -0.25) is 4.79 Å². The van der Waals surface area contributed by atoms with E-state index in [1.807, 2.05) is 6.92 Å². The molecule has 3 rings (SSSR count).